The van der Waals surface area contributed by atoms with Gasteiger partial charge in [-0.2, -0.15) is 0 Å². The van der Waals surface area contributed by atoms with Gasteiger partial charge in [0.25, 0.3) is 0 Å². The van der Waals surface area contributed by atoms with Gasteiger partial charge in [-0.15, -0.1) is 0 Å². The molecule has 0 atom stereocenters. The average molecular weight is 327 g/mol. The summed E-state index contributed by atoms with van der Waals surface area (Å²) in [4.78, 5) is 8.45. The van der Waals surface area contributed by atoms with Gasteiger partial charge in [0.2, 0.25) is 0 Å². The lowest BCUT2D eigenvalue weighted by Gasteiger charge is -2.13. The number of rotatable bonds is 8. The maximum absolute atomic E-state index is 5.90. The zero-order chi connectivity index (χ0) is 17.5. The third kappa shape index (κ3) is 5.22. The Balaban J connectivity index is 1.83. The molecular weight excluding hydrogens is 298 g/mol. The Bertz CT molecular complexity index is 668. The van der Waals surface area contributed by atoms with Gasteiger partial charge in [0.05, 0.1) is 6.54 Å². The molecule has 0 aliphatic rings. The van der Waals surface area contributed by atoms with E-state index in [-0.39, 0.29) is 0 Å². The van der Waals surface area contributed by atoms with Crippen molar-refractivity contribution in [3.8, 4) is 5.75 Å². The number of aryl methyl sites for hydroxylation is 3. The van der Waals surface area contributed by atoms with Gasteiger partial charge in [-0.1, -0.05) is 26.0 Å². The highest BCUT2D eigenvalue weighted by atomic mass is 16.5. The SMILES string of the molecule is Cc1cc(CCC(C)C)ccc1OCCNc1ncnc(C)c1C. The molecule has 4 heteroatoms. The molecule has 0 amide bonds. The van der Waals surface area contributed by atoms with E-state index in [2.05, 4.69) is 54.3 Å². The summed E-state index contributed by atoms with van der Waals surface area (Å²) in [6.45, 7) is 12.0. The number of aromatic nitrogens is 2. The summed E-state index contributed by atoms with van der Waals surface area (Å²) in [5.41, 5.74) is 4.67. The molecule has 0 spiro atoms. The number of ether oxygens (including phenoxy) is 1. The quantitative estimate of drug-likeness (QED) is 0.726. The van der Waals surface area contributed by atoms with Crippen LogP contribution in [0.25, 0.3) is 0 Å². The molecular formula is C20H29N3O. The molecule has 0 aliphatic heterocycles. The Kier molecular flexibility index (Phi) is 6.59. The van der Waals surface area contributed by atoms with E-state index in [0.717, 1.165) is 35.2 Å². The summed E-state index contributed by atoms with van der Waals surface area (Å²) in [5.74, 6) is 2.58. The van der Waals surface area contributed by atoms with E-state index < -0.39 is 0 Å². The first-order valence-corrected chi connectivity index (χ1v) is 8.71. The minimum absolute atomic E-state index is 0.606. The lowest BCUT2D eigenvalue weighted by Crippen LogP contribution is -2.14. The average Bonchev–Trinajstić information content (AvgIpc) is 2.54. The minimum Gasteiger partial charge on any atom is -0.491 e. The zero-order valence-electron chi connectivity index (χ0n) is 15.5. The molecule has 1 aromatic carbocycles. The van der Waals surface area contributed by atoms with E-state index in [9.17, 15) is 0 Å². The Morgan fingerprint density at radius 2 is 1.92 bits per heavy atom. The monoisotopic (exact) mass is 327 g/mol. The van der Waals surface area contributed by atoms with Gasteiger partial charge in [0, 0.05) is 11.3 Å². The molecule has 0 saturated heterocycles. The van der Waals surface area contributed by atoms with Gasteiger partial charge in [0.1, 0.15) is 24.5 Å². The van der Waals surface area contributed by atoms with E-state index in [4.69, 9.17) is 4.74 Å². The molecule has 130 valence electrons. The van der Waals surface area contributed by atoms with E-state index >= 15 is 0 Å². The van der Waals surface area contributed by atoms with Gasteiger partial charge in [-0.05, 0) is 56.7 Å². The molecule has 0 radical (unpaired) electrons. The zero-order valence-corrected chi connectivity index (χ0v) is 15.5. The first-order valence-electron chi connectivity index (χ1n) is 8.71. The van der Waals surface area contributed by atoms with Crippen molar-refractivity contribution >= 4 is 5.82 Å². The third-order valence-corrected chi connectivity index (χ3v) is 4.24. The molecule has 0 aliphatic carbocycles. The van der Waals surface area contributed by atoms with Crippen molar-refractivity contribution in [2.24, 2.45) is 5.92 Å². The molecule has 2 rings (SSSR count). The van der Waals surface area contributed by atoms with Crippen molar-refractivity contribution in [3.05, 3.63) is 46.9 Å². The van der Waals surface area contributed by atoms with Crippen LogP contribution in [0.1, 0.15) is 42.7 Å². The standard InChI is InChI=1S/C20H29N3O/c1-14(2)6-7-18-8-9-19(15(3)12-18)24-11-10-21-20-16(4)17(5)22-13-23-20/h8-9,12-14H,6-7,10-11H2,1-5H3,(H,21,22,23). The number of hydrogen-bond acceptors (Lipinski definition) is 4. The summed E-state index contributed by atoms with van der Waals surface area (Å²) < 4.78 is 5.90. The normalized spacial score (nSPS) is 10.9. The molecule has 0 fully saturated rings. The van der Waals surface area contributed by atoms with Crippen LogP contribution >= 0.6 is 0 Å². The minimum atomic E-state index is 0.606. The molecule has 0 unspecified atom stereocenters. The summed E-state index contributed by atoms with van der Waals surface area (Å²) in [6, 6.07) is 6.50. The third-order valence-electron chi connectivity index (χ3n) is 4.24. The molecule has 0 bridgehead atoms. The Labute approximate surface area is 145 Å². The van der Waals surface area contributed by atoms with E-state index in [1.165, 1.54) is 17.5 Å². The Hall–Kier alpha value is -2.10. The first-order chi connectivity index (χ1) is 11.5. The molecule has 0 saturated carbocycles. The van der Waals surface area contributed by atoms with Crippen LogP contribution in [0.15, 0.2) is 24.5 Å². The number of hydrogen-bond donors (Lipinski definition) is 1. The fourth-order valence-corrected chi connectivity index (χ4v) is 2.53. The van der Waals surface area contributed by atoms with Gasteiger partial charge < -0.3 is 10.1 Å². The fraction of sp³-hybridized carbons (Fsp3) is 0.500. The molecule has 4 nitrogen and oxygen atoms in total. The maximum atomic E-state index is 5.90. The molecule has 1 heterocycles. The van der Waals surface area contributed by atoms with Gasteiger partial charge in [0.15, 0.2) is 0 Å². The second-order valence-corrected chi connectivity index (χ2v) is 6.74. The molecule has 1 N–H and O–H groups in total. The van der Waals surface area contributed by atoms with E-state index in [1.54, 1.807) is 6.33 Å². The van der Waals surface area contributed by atoms with Crippen LogP contribution in [0.4, 0.5) is 5.82 Å². The summed E-state index contributed by atoms with van der Waals surface area (Å²) >= 11 is 0. The topological polar surface area (TPSA) is 47.0 Å². The fourth-order valence-electron chi connectivity index (χ4n) is 2.53. The van der Waals surface area contributed by atoms with Crippen LogP contribution in [0.3, 0.4) is 0 Å². The van der Waals surface area contributed by atoms with Crippen LogP contribution in [-0.4, -0.2) is 23.1 Å². The predicted octanol–water partition coefficient (Wildman–Crippen LogP) is 4.48. The van der Waals surface area contributed by atoms with Crippen LogP contribution in [0.5, 0.6) is 5.75 Å². The molecule has 2 aromatic rings. The summed E-state index contributed by atoms with van der Waals surface area (Å²) in [6.07, 6.45) is 3.94. The first kappa shape index (κ1) is 18.2. The van der Waals surface area contributed by atoms with E-state index in [0.29, 0.717) is 13.2 Å². The van der Waals surface area contributed by atoms with Crippen molar-refractivity contribution in [3.63, 3.8) is 0 Å². The van der Waals surface area contributed by atoms with Crippen molar-refractivity contribution in [2.45, 2.75) is 47.5 Å². The molecule has 24 heavy (non-hydrogen) atoms. The van der Waals surface area contributed by atoms with Crippen molar-refractivity contribution in [1.82, 2.24) is 9.97 Å². The second kappa shape index (κ2) is 8.67. The Morgan fingerprint density at radius 3 is 2.62 bits per heavy atom. The van der Waals surface area contributed by atoms with Crippen LogP contribution in [0, 0.1) is 26.7 Å². The highest BCUT2D eigenvalue weighted by Gasteiger charge is 2.05. The number of anilines is 1. The van der Waals surface area contributed by atoms with Crippen molar-refractivity contribution in [2.75, 3.05) is 18.5 Å². The van der Waals surface area contributed by atoms with E-state index in [1.807, 2.05) is 13.8 Å². The van der Waals surface area contributed by atoms with Crippen molar-refractivity contribution in [1.29, 1.82) is 0 Å². The summed E-state index contributed by atoms with van der Waals surface area (Å²) in [5, 5.41) is 3.31. The van der Waals surface area contributed by atoms with Crippen LogP contribution in [0.2, 0.25) is 0 Å². The van der Waals surface area contributed by atoms with Crippen molar-refractivity contribution < 1.29 is 4.74 Å². The van der Waals surface area contributed by atoms with Gasteiger partial charge in [-0.25, -0.2) is 9.97 Å². The smallest absolute Gasteiger partial charge is 0.132 e. The highest BCUT2D eigenvalue weighted by Crippen LogP contribution is 2.21. The van der Waals surface area contributed by atoms with Crippen LogP contribution < -0.4 is 10.1 Å². The number of nitrogens with one attached hydrogen (secondary N) is 1. The lowest BCUT2D eigenvalue weighted by molar-refractivity contribution is 0.330. The van der Waals surface area contributed by atoms with Gasteiger partial charge in [-0.3, -0.25) is 0 Å². The molecule has 1 aromatic heterocycles. The van der Waals surface area contributed by atoms with Crippen LogP contribution in [-0.2, 0) is 6.42 Å². The Morgan fingerprint density at radius 1 is 1.12 bits per heavy atom. The largest absolute Gasteiger partial charge is 0.491 e. The maximum Gasteiger partial charge on any atom is 0.132 e. The predicted molar refractivity (Wildman–Crippen MR) is 99.8 cm³/mol. The lowest BCUT2D eigenvalue weighted by atomic mass is 10.0. The number of benzene rings is 1. The van der Waals surface area contributed by atoms with Gasteiger partial charge >= 0.3 is 0 Å². The summed E-state index contributed by atoms with van der Waals surface area (Å²) in [7, 11) is 0. The highest BCUT2D eigenvalue weighted by molar-refractivity contribution is 5.44. The number of nitrogens with zero attached hydrogens (tertiary/aromatic N) is 2. The second-order valence-electron chi connectivity index (χ2n) is 6.74.